The Morgan fingerprint density at radius 3 is 1.46 bits per heavy atom. The van der Waals surface area contributed by atoms with E-state index in [2.05, 4.69) is 98.8 Å². The Balaban J connectivity index is 1.93. The normalized spacial score (nSPS) is 29.5. The molecule has 4 aliphatic rings. The smallest absolute Gasteiger partial charge is 0.0321 e. The molecule has 0 heterocycles. The van der Waals surface area contributed by atoms with Gasteiger partial charge >= 0.3 is 0 Å². The summed E-state index contributed by atoms with van der Waals surface area (Å²) < 4.78 is 0. The van der Waals surface area contributed by atoms with E-state index in [1.165, 1.54) is 43.9 Å². The van der Waals surface area contributed by atoms with Crippen LogP contribution in [-0.4, -0.2) is 0 Å². The van der Waals surface area contributed by atoms with Gasteiger partial charge in [0.05, 0.1) is 0 Å². The van der Waals surface area contributed by atoms with Crippen LogP contribution in [0.5, 0.6) is 0 Å². The topological polar surface area (TPSA) is 0 Å². The van der Waals surface area contributed by atoms with Crippen LogP contribution >= 0.6 is 0 Å². The summed E-state index contributed by atoms with van der Waals surface area (Å²) >= 11 is 0. The minimum atomic E-state index is -0.0591. The number of hydrogen-bond acceptors (Lipinski definition) is 0. The summed E-state index contributed by atoms with van der Waals surface area (Å²) in [6.45, 7) is 4.91. The number of rotatable bonds is 0. The van der Waals surface area contributed by atoms with Crippen LogP contribution < -0.4 is 10.4 Å². The molecule has 0 heteroatoms. The Morgan fingerprint density at radius 2 is 1.00 bits per heavy atom. The first kappa shape index (κ1) is 14.3. The first-order chi connectivity index (χ1) is 12.7. The van der Waals surface area contributed by atoms with Gasteiger partial charge in [0.25, 0.3) is 0 Å². The summed E-state index contributed by atoms with van der Waals surface area (Å²) in [6.07, 6.45) is 13.8. The van der Waals surface area contributed by atoms with Crippen LogP contribution in [-0.2, 0) is 0 Å². The molecular formula is C26H20. The van der Waals surface area contributed by atoms with E-state index in [1.54, 1.807) is 0 Å². The van der Waals surface area contributed by atoms with E-state index in [0.717, 1.165) is 0 Å². The van der Waals surface area contributed by atoms with Crippen molar-refractivity contribution in [2.24, 2.45) is 10.8 Å². The van der Waals surface area contributed by atoms with Crippen molar-refractivity contribution in [3.63, 3.8) is 0 Å². The molecule has 2 aromatic carbocycles. The minimum absolute atomic E-state index is 0.0591. The molecule has 0 nitrogen and oxygen atoms in total. The lowest BCUT2D eigenvalue weighted by atomic mass is 9.44. The van der Waals surface area contributed by atoms with Crippen molar-refractivity contribution >= 4 is 22.3 Å². The molecule has 4 aliphatic carbocycles. The first-order valence-electron chi connectivity index (χ1n) is 9.39. The lowest BCUT2D eigenvalue weighted by molar-refractivity contribution is 0.360. The molecule has 2 aromatic rings. The van der Waals surface area contributed by atoms with E-state index < -0.39 is 0 Å². The molecule has 0 fully saturated rings. The SMILES string of the molecule is CC12C3=CC=CC1=c1ccccc1=C1C=CC=C(c4ccccc43)C12C. The number of allylic oxidation sites excluding steroid dienone is 8. The zero-order valence-corrected chi connectivity index (χ0v) is 15.1. The van der Waals surface area contributed by atoms with Gasteiger partial charge in [-0.2, -0.15) is 0 Å². The Bertz CT molecular complexity index is 1150. The second-order valence-corrected chi connectivity index (χ2v) is 8.05. The predicted molar refractivity (Wildman–Crippen MR) is 109 cm³/mol. The molecule has 0 aliphatic heterocycles. The van der Waals surface area contributed by atoms with E-state index in [0.29, 0.717) is 0 Å². The fourth-order valence-corrected chi connectivity index (χ4v) is 5.86. The Kier molecular flexibility index (Phi) is 2.45. The molecule has 0 radical (unpaired) electrons. The van der Waals surface area contributed by atoms with Gasteiger partial charge in [0.15, 0.2) is 0 Å². The van der Waals surface area contributed by atoms with E-state index in [-0.39, 0.29) is 10.8 Å². The predicted octanol–water partition coefficient (Wildman–Crippen LogP) is 4.63. The number of fused-ring (bicyclic) bond motifs is 4. The summed E-state index contributed by atoms with van der Waals surface area (Å²) in [4.78, 5) is 0. The average molecular weight is 332 g/mol. The highest BCUT2D eigenvalue weighted by molar-refractivity contribution is 6.06. The molecule has 2 unspecified atom stereocenters. The second-order valence-electron chi connectivity index (χ2n) is 8.05. The van der Waals surface area contributed by atoms with Gasteiger partial charge in [-0.15, -0.1) is 0 Å². The Morgan fingerprint density at radius 1 is 0.577 bits per heavy atom. The Labute approximate surface area is 153 Å². The van der Waals surface area contributed by atoms with E-state index in [1.807, 2.05) is 0 Å². The minimum Gasteiger partial charge on any atom is -0.0616 e. The van der Waals surface area contributed by atoms with Crippen LogP contribution in [0, 0.1) is 10.8 Å². The molecular weight excluding hydrogens is 312 g/mol. The van der Waals surface area contributed by atoms with Crippen LogP contribution in [0.25, 0.3) is 22.3 Å². The third-order valence-electron chi connectivity index (χ3n) is 7.22. The number of benzene rings is 2. The van der Waals surface area contributed by atoms with Crippen molar-refractivity contribution in [3.05, 3.63) is 107 Å². The highest BCUT2D eigenvalue weighted by Crippen LogP contribution is 2.69. The van der Waals surface area contributed by atoms with Gasteiger partial charge in [0, 0.05) is 10.8 Å². The molecule has 26 heavy (non-hydrogen) atoms. The van der Waals surface area contributed by atoms with Gasteiger partial charge in [-0.1, -0.05) is 98.8 Å². The molecule has 0 saturated heterocycles. The van der Waals surface area contributed by atoms with Crippen LogP contribution in [0.15, 0.2) is 85.0 Å². The molecule has 0 aromatic heterocycles. The largest absolute Gasteiger partial charge is 0.0616 e. The van der Waals surface area contributed by atoms with Crippen LogP contribution in [0.4, 0.5) is 0 Å². The van der Waals surface area contributed by atoms with Gasteiger partial charge < -0.3 is 0 Å². The highest BCUT2D eigenvalue weighted by atomic mass is 14.6. The van der Waals surface area contributed by atoms with Gasteiger partial charge in [-0.3, -0.25) is 0 Å². The van der Waals surface area contributed by atoms with Crippen LogP contribution in [0.2, 0.25) is 0 Å². The van der Waals surface area contributed by atoms with Gasteiger partial charge in [0.2, 0.25) is 0 Å². The third kappa shape index (κ3) is 1.34. The van der Waals surface area contributed by atoms with Crippen molar-refractivity contribution in [1.82, 2.24) is 0 Å². The van der Waals surface area contributed by atoms with Crippen molar-refractivity contribution in [2.45, 2.75) is 13.8 Å². The van der Waals surface area contributed by atoms with Crippen molar-refractivity contribution in [2.75, 3.05) is 0 Å². The van der Waals surface area contributed by atoms with Crippen molar-refractivity contribution < 1.29 is 0 Å². The summed E-state index contributed by atoms with van der Waals surface area (Å²) in [7, 11) is 0. The van der Waals surface area contributed by atoms with E-state index in [4.69, 9.17) is 0 Å². The number of hydrogen-bond donors (Lipinski definition) is 0. The van der Waals surface area contributed by atoms with Crippen molar-refractivity contribution in [1.29, 1.82) is 0 Å². The summed E-state index contributed by atoms with van der Waals surface area (Å²) in [5.41, 5.74) is 8.46. The molecule has 0 bridgehead atoms. The van der Waals surface area contributed by atoms with E-state index >= 15 is 0 Å². The quantitative estimate of drug-likeness (QED) is 0.659. The fourth-order valence-electron chi connectivity index (χ4n) is 5.86. The standard InChI is InChI=1S/C26H20/c1-25-21-13-7-14-22(25)18-10-4-6-12-20(18)24-16-8-15-23(26(24,25)2)19-11-5-3-9-17(19)21/h3-16H,1-2H3. The maximum Gasteiger partial charge on any atom is 0.0321 e. The first-order valence-corrected chi connectivity index (χ1v) is 9.39. The molecule has 0 saturated carbocycles. The second kappa shape index (κ2) is 4.45. The Hall–Kier alpha value is -2.86. The van der Waals surface area contributed by atoms with Gasteiger partial charge in [0.1, 0.15) is 0 Å². The molecule has 124 valence electrons. The molecule has 0 amide bonds. The molecule has 6 rings (SSSR count). The maximum absolute atomic E-state index is 2.45. The summed E-state index contributed by atoms with van der Waals surface area (Å²) in [6, 6.07) is 17.9. The van der Waals surface area contributed by atoms with Gasteiger partial charge in [-0.25, -0.2) is 0 Å². The molecule has 2 atom stereocenters. The molecule has 0 spiro atoms. The third-order valence-corrected chi connectivity index (χ3v) is 7.22. The lowest BCUT2D eigenvalue weighted by Gasteiger charge is -2.58. The van der Waals surface area contributed by atoms with E-state index in [9.17, 15) is 0 Å². The summed E-state index contributed by atoms with van der Waals surface area (Å²) in [5, 5.41) is 2.77. The lowest BCUT2D eigenvalue weighted by Crippen LogP contribution is -2.54. The average Bonchev–Trinajstić information content (AvgIpc) is 2.67. The maximum atomic E-state index is 2.45. The monoisotopic (exact) mass is 332 g/mol. The van der Waals surface area contributed by atoms with Crippen molar-refractivity contribution in [3.8, 4) is 0 Å². The molecule has 0 N–H and O–H groups in total. The zero-order valence-electron chi connectivity index (χ0n) is 15.1. The summed E-state index contributed by atoms with van der Waals surface area (Å²) in [5.74, 6) is 0. The van der Waals surface area contributed by atoms with Crippen LogP contribution in [0.3, 0.4) is 0 Å². The fraction of sp³-hybridized carbons (Fsp3) is 0.154. The van der Waals surface area contributed by atoms with Crippen LogP contribution in [0.1, 0.15) is 25.0 Å². The highest BCUT2D eigenvalue weighted by Gasteiger charge is 2.58. The zero-order chi connectivity index (χ0) is 17.5. The van der Waals surface area contributed by atoms with Gasteiger partial charge in [-0.05, 0) is 43.9 Å².